The molecule has 0 radical (unpaired) electrons. The summed E-state index contributed by atoms with van der Waals surface area (Å²) in [5.41, 5.74) is 1.56. The number of fused-ring (bicyclic) bond motifs is 1. The molecule has 1 aliphatic rings. The summed E-state index contributed by atoms with van der Waals surface area (Å²) in [5, 5.41) is 2.77. The van der Waals surface area contributed by atoms with Gasteiger partial charge in [-0.1, -0.05) is 0 Å². The number of nitrogens with zero attached hydrogens (tertiary/aromatic N) is 3. The normalized spacial score (nSPS) is 15.4. The zero-order valence-electron chi connectivity index (χ0n) is 16.1. The number of aromatic nitrogens is 2. The number of carbonyl (C=O) groups is 2. The highest BCUT2D eigenvalue weighted by Crippen LogP contribution is 2.34. The Morgan fingerprint density at radius 3 is 2.86 bits per heavy atom. The van der Waals surface area contributed by atoms with E-state index in [1.54, 1.807) is 32.3 Å². The SMILES string of the molecule is CN(C)C(=O)c1ccc2c(c1)N(C)C(CC(=O)NCc1cc(=O)[nH]cn1)CO2. The zero-order chi connectivity index (χ0) is 20.3. The fourth-order valence-corrected chi connectivity index (χ4v) is 2.98. The van der Waals surface area contributed by atoms with E-state index < -0.39 is 0 Å². The van der Waals surface area contributed by atoms with Crippen molar-refractivity contribution >= 4 is 17.5 Å². The summed E-state index contributed by atoms with van der Waals surface area (Å²) >= 11 is 0. The van der Waals surface area contributed by atoms with Crippen molar-refractivity contribution in [2.75, 3.05) is 32.6 Å². The Bertz CT molecular complexity index is 940. The molecule has 1 atom stereocenters. The van der Waals surface area contributed by atoms with Crippen LogP contribution in [0.2, 0.25) is 0 Å². The van der Waals surface area contributed by atoms with Crippen LogP contribution in [-0.2, 0) is 11.3 Å². The summed E-state index contributed by atoms with van der Waals surface area (Å²) < 4.78 is 5.78. The average Bonchev–Trinajstić information content (AvgIpc) is 2.68. The van der Waals surface area contributed by atoms with Crippen molar-refractivity contribution in [3.8, 4) is 5.75 Å². The molecular weight excluding hydrogens is 362 g/mol. The number of rotatable bonds is 5. The van der Waals surface area contributed by atoms with Gasteiger partial charge in [0.05, 0.1) is 36.7 Å². The van der Waals surface area contributed by atoms with Gasteiger partial charge < -0.3 is 24.8 Å². The van der Waals surface area contributed by atoms with Gasteiger partial charge in [0.1, 0.15) is 12.4 Å². The first-order valence-corrected chi connectivity index (χ1v) is 8.87. The molecule has 1 aliphatic heterocycles. The Labute approximate surface area is 162 Å². The molecule has 2 amide bonds. The number of nitrogens with one attached hydrogen (secondary N) is 2. The molecule has 9 nitrogen and oxygen atoms in total. The van der Waals surface area contributed by atoms with Crippen molar-refractivity contribution in [1.82, 2.24) is 20.2 Å². The number of hydrogen-bond acceptors (Lipinski definition) is 6. The Hall–Kier alpha value is -3.36. The summed E-state index contributed by atoms with van der Waals surface area (Å²) in [4.78, 5) is 45.7. The Morgan fingerprint density at radius 1 is 1.36 bits per heavy atom. The van der Waals surface area contributed by atoms with Crippen LogP contribution in [0.1, 0.15) is 22.5 Å². The maximum atomic E-state index is 12.3. The minimum Gasteiger partial charge on any atom is -0.489 e. The molecule has 2 aromatic rings. The van der Waals surface area contributed by atoms with Crippen LogP contribution in [0.25, 0.3) is 0 Å². The highest BCUT2D eigenvalue weighted by atomic mass is 16.5. The molecule has 0 fully saturated rings. The van der Waals surface area contributed by atoms with Gasteiger partial charge in [-0.25, -0.2) is 4.98 Å². The van der Waals surface area contributed by atoms with Gasteiger partial charge >= 0.3 is 0 Å². The minimum absolute atomic E-state index is 0.0959. The first-order chi connectivity index (χ1) is 13.3. The molecule has 0 spiro atoms. The second-order valence-electron chi connectivity index (χ2n) is 6.84. The van der Waals surface area contributed by atoms with Crippen molar-refractivity contribution in [2.24, 2.45) is 0 Å². The number of benzene rings is 1. The second kappa shape index (κ2) is 8.12. The lowest BCUT2D eigenvalue weighted by Gasteiger charge is -2.35. The first-order valence-electron chi connectivity index (χ1n) is 8.87. The number of aromatic amines is 1. The molecule has 1 aromatic carbocycles. The second-order valence-corrected chi connectivity index (χ2v) is 6.84. The lowest BCUT2D eigenvalue weighted by molar-refractivity contribution is -0.121. The zero-order valence-corrected chi connectivity index (χ0v) is 16.1. The van der Waals surface area contributed by atoms with Gasteiger partial charge in [-0.15, -0.1) is 0 Å². The minimum atomic E-state index is -0.264. The van der Waals surface area contributed by atoms with Gasteiger partial charge in [0.2, 0.25) is 5.91 Å². The van der Waals surface area contributed by atoms with Crippen LogP contribution in [0.4, 0.5) is 5.69 Å². The average molecular weight is 385 g/mol. The van der Waals surface area contributed by atoms with Crippen LogP contribution in [0.3, 0.4) is 0 Å². The third-order valence-corrected chi connectivity index (χ3v) is 4.59. The van der Waals surface area contributed by atoms with Gasteiger partial charge in [-0.05, 0) is 18.2 Å². The number of likely N-dealkylation sites (N-methyl/N-ethyl adjacent to an activating group) is 1. The molecule has 3 rings (SSSR count). The fourth-order valence-electron chi connectivity index (χ4n) is 2.98. The standard InChI is InChI=1S/C19H23N5O4/c1-23(2)19(27)12-4-5-16-15(6-12)24(3)14(10-28-16)8-18(26)20-9-13-7-17(25)22-11-21-13/h4-7,11,14H,8-10H2,1-3H3,(H,20,26)(H,21,22,25). The summed E-state index contributed by atoms with van der Waals surface area (Å²) in [6.45, 7) is 0.541. The molecule has 2 N–H and O–H groups in total. The summed E-state index contributed by atoms with van der Waals surface area (Å²) in [5.74, 6) is 0.412. The van der Waals surface area contributed by atoms with E-state index >= 15 is 0 Å². The topological polar surface area (TPSA) is 108 Å². The molecule has 0 bridgehead atoms. The molecule has 2 heterocycles. The Kier molecular flexibility index (Phi) is 5.62. The van der Waals surface area contributed by atoms with E-state index in [0.717, 1.165) is 5.69 Å². The molecule has 1 aromatic heterocycles. The molecule has 1 unspecified atom stereocenters. The molecule has 9 heteroatoms. The van der Waals surface area contributed by atoms with Crippen LogP contribution in [-0.4, -0.2) is 60.5 Å². The van der Waals surface area contributed by atoms with E-state index in [-0.39, 0.29) is 36.4 Å². The first kappa shape index (κ1) is 19.4. The van der Waals surface area contributed by atoms with Crippen LogP contribution in [0, 0.1) is 0 Å². The lowest BCUT2D eigenvalue weighted by atomic mass is 10.1. The summed E-state index contributed by atoms with van der Waals surface area (Å²) in [6.07, 6.45) is 1.51. The summed E-state index contributed by atoms with van der Waals surface area (Å²) in [6, 6.07) is 6.45. The maximum Gasteiger partial charge on any atom is 0.253 e. The van der Waals surface area contributed by atoms with Crippen molar-refractivity contribution in [1.29, 1.82) is 0 Å². The van der Waals surface area contributed by atoms with Crippen molar-refractivity contribution < 1.29 is 14.3 Å². The highest BCUT2D eigenvalue weighted by Gasteiger charge is 2.27. The molecule has 0 aliphatic carbocycles. The van der Waals surface area contributed by atoms with E-state index in [2.05, 4.69) is 15.3 Å². The third-order valence-electron chi connectivity index (χ3n) is 4.59. The van der Waals surface area contributed by atoms with Gasteiger partial charge in [-0.3, -0.25) is 14.4 Å². The smallest absolute Gasteiger partial charge is 0.253 e. The third kappa shape index (κ3) is 4.30. The number of anilines is 1. The van der Waals surface area contributed by atoms with E-state index in [9.17, 15) is 14.4 Å². The Morgan fingerprint density at radius 2 is 2.14 bits per heavy atom. The Balaban J connectivity index is 1.65. The number of H-pyrrole nitrogens is 1. The predicted molar refractivity (Wildman–Crippen MR) is 103 cm³/mol. The van der Waals surface area contributed by atoms with Crippen molar-refractivity contribution in [2.45, 2.75) is 19.0 Å². The van der Waals surface area contributed by atoms with Crippen molar-refractivity contribution in [3.05, 3.63) is 52.2 Å². The number of carbonyl (C=O) groups excluding carboxylic acids is 2. The van der Waals surface area contributed by atoms with Crippen LogP contribution < -0.4 is 20.5 Å². The highest BCUT2D eigenvalue weighted by molar-refractivity contribution is 5.95. The molecule has 0 saturated carbocycles. The number of hydrogen-bond donors (Lipinski definition) is 2. The lowest BCUT2D eigenvalue weighted by Crippen LogP contribution is -2.43. The number of amides is 2. The summed E-state index contributed by atoms with van der Waals surface area (Å²) in [7, 11) is 5.27. The molecule has 28 heavy (non-hydrogen) atoms. The van der Waals surface area contributed by atoms with Crippen LogP contribution in [0.5, 0.6) is 5.75 Å². The largest absolute Gasteiger partial charge is 0.489 e. The van der Waals surface area contributed by atoms with E-state index in [4.69, 9.17) is 4.74 Å². The van der Waals surface area contributed by atoms with Crippen molar-refractivity contribution in [3.63, 3.8) is 0 Å². The van der Waals surface area contributed by atoms with Gasteiger partial charge in [-0.2, -0.15) is 0 Å². The van der Waals surface area contributed by atoms with E-state index in [0.29, 0.717) is 23.6 Å². The molecular formula is C19H23N5O4. The quantitative estimate of drug-likeness (QED) is 0.770. The predicted octanol–water partition coefficient (Wildman–Crippen LogP) is 0.375. The molecule has 148 valence electrons. The van der Waals surface area contributed by atoms with Gasteiger partial charge in [0.15, 0.2) is 0 Å². The molecule has 0 saturated heterocycles. The van der Waals surface area contributed by atoms with Crippen LogP contribution >= 0.6 is 0 Å². The van der Waals surface area contributed by atoms with E-state index in [1.807, 2.05) is 11.9 Å². The fraction of sp³-hybridized carbons (Fsp3) is 0.368. The number of ether oxygens (including phenoxy) is 1. The monoisotopic (exact) mass is 385 g/mol. The van der Waals surface area contributed by atoms with E-state index in [1.165, 1.54) is 17.3 Å². The van der Waals surface area contributed by atoms with Gasteiger partial charge in [0, 0.05) is 32.8 Å². The van der Waals surface area contributed by atoms with Crippen LogP contribution in [0.15, 0.2) is 35.4 Å². The maximum absolute atomic E-state index is 12.3. The van der Waals surface area contributed by atoms with Gasteiger partial charge in [0.25, 0.3) is 11.5 Å².